The highest BCUT2D eigenvalue weighted by Gasteiger charge is 2.45. The van der Waals surface area contributed by atoms with Crippen LogP contribution < -0.4 is 4.90 Å². The van der Waals surface area contributed by atoms with Crippen molar-refractivity contribution < 1.29 is 14.4 Å². The Balaban J connectivity index is 1.62. The van der Waals surface area contributed by atoms with Gasteiger partial charge in [0.15, 0.2) is 0 Å². The van der Waals surface area contributed by atoms with Crippen LogP contribution in [0.25, 0.3) is 0 Å². The predicted molar refractivity (Wildman–Crippen MR) is 113 cm³/mol. The van der Waals surface area contributed by atoms with E-state index in [1.54, 1.807) is 47.6 Å². The third-order valence-electron chi connectivity index (χ3n) is 6.07. The highest BCUT2D eigenvalue weighted by Crippen LogP contribution is 2.31. The van der Waals surface area contributed by atoms with E-state index in [4.69, 9.17) is 5.26 Å². The molecule has 1 aliphatic heterocycles. The zero-order valence-electron chi connectivity index (χ0n) is 17.2. The van der Waals surface area contributed by atoms with Crippen molar-refractivity contribution in [2.45, 2.75) is 51.1 Å². The second kappa shape index (κ2) is 9.09. The van der Waals surface area contributed by atoms with Gasteiger partial charge in [0, 0.05) is 24.9 Å². The van der Waals surface area contributed by atoms with Crippen molar-refractivity contribution in [3.8, 4) is 6.07 Å². The smallest absolute Gasteiger partial charge is 0.257 e. The lowest BCUT2D eigenvalue weighted by molar-refractivity contribution is -0.143. The topological polar surface area (TPSA) is 94.4 Å². The molecule has 1 saturated heterocycles. The number of aromatic nitrogens is 1. The molecule has 4 rings (SSSR count). The predicted octanol–water partition coefficient (Wildman–Crippen LogP) is 3.19. The SMILES string of the molecule is N#Cc1ccc(N2C(=O)CC(N(Cc3cccnc3)C(=O)C3CCCCC3)C2=O)cc1. The Morgan fingerprint density at radius 1 is 1.13 bits per heavy atom. The van der Waals surface area contributed by atoms with Crippen molar-refractivity contribution in [2.24, 2.45) is 5.92 Å². The minimum absolute atomic E-state index is 0.0441. The van der Waals surface area contributed by atoms with Gasteiger partial charge in [-0.3, -0.25) is 19.4 Å². The van der Waals surface area contributed by atoms with Gasteiger partial charge in [0.1, 0.15) is 6.04 Å². The number of anilines is 1. The molecule has 1 atom stereocenters. The lowest BCUT2D eigenvalue weighted by Crippen LogP contribution is -2.47. The number of rotatable bonds is 5. The number of benzene rings is 1. The average Bonchev–Trinajstić information content (AvgIpc) is 3.12. The van der Waals surface area contributed by atoms with E-state index in [1.165, 1.54) is 0 Å². The maximum absolute atomic E-state index is 13.5. The van der Waals surface area contributed by atoms with Gasteiger partial charge in [-0.1, -0.05) is 25.3 Å². The van der Waals surface area contributed by atoms with Crippen LogP contribution in [0.3, 0.4) is 0 Å². The van der Waals surface area contributed by atoms with Crippen LogP contribution in [0.4, 0.5) is 5.69 Å². The molecule has 158 valence electrons. The first-order chi connectivity index (χ1) is 15.1. The molecule has 31 heavy (non-hydrogen) atoms. The van der Waals surface area contributed by atoms with Crippen LogP contribution in [0.5, 0.6) is 0 Å². The molecule has 1 aromatic carbocycles. The number of hydrogen-bond acceptors (Lipinski definition) is 5. The zero-order valence-corrected chi connectivity index (χ0v) is 17.2. The summed E-state index contributed by atoms with van der Waals surface area (Å²) in [4.78, 5) is 46.4. The quantitative estimate of drug-likeness (QED) is 0.698. The molecule has 2 heterocycles. The third-order valence-corrected chi connectivity index (χ3v) is 6.07. The van der Waals surface area contributed by atoms with E-state index < -0.39 is 11.9 Å². The van der Waals surface area contributed by atoms with E-state index in [1.807, 2.05) is 12.1 Å². The second-order valence-electron chi connectivity index (χ2n) is 8.11. The minimum atomic E-state index is -0.835. The molecule has 7 nitrogen and oxygen atoms in total. The first-order valence-corrected chi connectivity index (χ1v) is 10.6. The molecule has 1 saturated carbocycles. The fourth-order valence-electron chi connectivity index (χ4n) is 4.43. The molecule has 1 unspecified atom stereocenters. The summed E-state index contributed by atoms with van der Waals surface area (Å²) in [6, 6.07) is 11.2. The molecule has 2 aromatic rings. The van der Waals surface area contributed by atoms with E-state index in [0.29, 0.717) is 11.3 Å². The molecular weight excluding hydrogens is 392 g/mol. The van der Waals surface area contributed by atoms with Crippen LogP contribution >= 0.6 is 0 Å². The van der Waals surface area contributed by atoms with E-state index in [2.05, 4.69) is 4.98 Å². The van der Waals surface area contributed by atoms with Crippen molar-refractivity contribution in [1.29, 1.82) is 5.26 Å². The largest absolute Gasteiger partial charge is 0.325 e. The van der Waals surface area contributed by atoms with Gasteiger partial charge in [-0.15, -0.1) is 0 Å². The Hall–Kier alpha value is -3.53. The van der Waals surface area contributed by atoms with Gasteiger partial charge in [-0.05, 0) is 48.7 Å². The number of pyridine rings is 1. The Morgan fingerprint density at radius 3 is 2.52 bits per heavy atom. The molecule has 7 heteroatoms. The van der Waals surface area contributed by atoms with E-state index >= 15 is 0 Å². The normalized spacial score (nSPS) is 19.3. The molecule has 1 aliphatic carbocycles. The van der Waals surface area contributed by atoms with E-state index in [9.17, 15) is 14.4 Å². The number of nitrogens with zero attached hydrogens (tertiary/aromatic N) is 4. The highest BCUT2D eigenvalue weighted by molar-refractivity contribution is 6.23. The van der Waals surface area contributed by atoms with Gasteiger partial charge in [0.25, 0.3) is 5.91 Å². The summed E-state index contributed by atoms with van der Waals surface area (Å²) in [6.07, 6.45) is 8.07. The van der Waals surface area contributed by atoms with Gasteiger partial charge in [0.05, 0.1) is 23.7 Å². The fraction of sp³-hybridized carbons (Fsp3) is 0.375. The summed E-state index contributed by atoms with van der Waals surface area (Å²) in [6.45, 7) is 0.244. The highest BCUT2D eigenvalue weighted by atomic mass is 16.2. The summed E-state index contributed by atoms with van der Waals surface area (Å²) in [5.41, 5.74) is 1.69. The van der Waals surface area contributed by atoms with Crippen molar-refractivity contribution in [3.05, 3.63) is 59.9 Å². The number of amides is 3. The van der Waals surface area contributed by atoms with Crippen LogP contribution in [-0.4, -0.2) is 33.6 Å². The first-order valence-electron chi connectivity index (χ1n) is 10.6. The summed E-state index contributed by atoms with van der Waals surface area (Å²) in [5.74, 6) is -0.913. The standard InChI is InChI=1S/C24H24N4O3/c25-14-17-8-10-20(11-9-17)28-22(29)13-21(24(28)31)27(16-18-5-4-12-26-15-18)23(30)19-6-2-1-3-7-19/h4-5,8-12,15,19,21H,1-3,6-7,13,16H2. The van der Waals surface area contributed by atoms with Gasteiger partial charge in [-0.2, -0.15) is 5.26 Å². The first kappa shape index (κ1) is 20.7. The summed E-state index contributed by atoms with van der Waals surface area (Å²) in [7, 11) is 0. The molecule has 3 amide bonds. The fourth-order valence-corrected chi connectivity index (χ4v) is 4.43. The number of carbonyl (C=O) groups excluding carboxylic acids is 3. The molecule has 0 radical (unpaired) electrons. The van der Waals surface area contributed by atoms with Crippen molar-refractivity contribution in [1.82, 2.24) is 9.88 Å². The van der Waals surface area contributed by atoms with Gasteiger partial charge in [-0.25, -0.2) is 4.90 Å². The van der Waals surface area contributed by atoms with Crippen molar-refractivity contribution in [2.75, 3.05) is 4.90 Å². The number of hydrogen-bond donors (Lipinski definition) is 0. The van der Waals surface area contributed by atoms with Gasteiger partial charge >= 0.3 is 0 Å². The Morgan fingerprint density at radius 2 is 1.87 bits per heavy atom. The maximum atomic E-state index is 13.5. The lowest BCUT2D eigenvalue weighted by atomic mass is 9.87. The maximum Gasteiger partial charge on any atom is 0.257 e. The van der Waals surface area contributed by atoms with Crippen LogP contribution in [0.1, 0.15) is 49.7 Å². The summed E-state index contributed by atoms with van der Waals surface area (Å²) >= 11 is 0. The van der Waals surface area contributed by atoms with Crippen LogP contribution in [0.15, 0.2) is 48.8 Å². The van der Waals surface area contributed by atoms with E-state index in [-0.39, 0.29) is 30.7 Å². The monoisotopic (exact) mass is 416 g/mol. The van der Waals surface area contributed by atoms with Crippen LogP contribution in [0.2, 0.25) is 0 Å². The molecule has 0 spiro atoms. The molecular formula is C24H24N4O3. The van der Waals surface area contributed by atoms with Gasteiger partial charge in [0.2, 0.25) is 11.8 Å². The Labute approximate surface area is 181 Å². The van der Waals surface area contributed by atoms with Crippen molar-refractivity contribution in [3.63, 3.8) is 0 Å². The zero-order chi connectivity index (χ0) is 21.8. The lowest BCUT2D eigenvalue weighted by Gasteiger charge is -2.32. The second-order valence-corrected chi connectivity index (χ2v) is 8.11. The van der Waals surface area contributed by atoms with Crippen molar-refractivity contribution >= 4 is 23.4 Å². The minimum Gasteiger partial charge on any atom is -0.325 e. The number of carbonyl (C=O) groups is 3. The summed E-state index contributed by atoms with van der Waals surface area (Å²) < 4.78 is 0. The average molecular weight is 416 g/mol. The summed E-state index contributed by atoms with van der Waals surface area (Å²) in [5, 5.41) is 8.99. The number of nitriles is 1. The van der Waals surface area contributed by atoms with Crippen LogP contribution in [0, 0.1) is 17.2 Å². The third kappa shape index (κ3) is 4.33. The molecule has 2 fully saturated rings. The Bertz CT molecular complexity index is 1010. The molecule has 1 aromatic heterocycles. The van der Waals surface area contributed by atoms with E-state index in [0.717, 1.165) is 42.6 Å². The van der Waals surface area contributed by atoms with Gasteiger partial charge < -0.3 is 4.90 Å². The molecule has 2 aliphatic rings. The number of imide groups is 1. The van der Waals surface area contributed by atoms with Crippen LogP contribution in [-0.2, 0) is 20.9 Å². The molecule has 0 bridgehead atoms. The Kier molecular flexibility index (Phi) is 6.08. The molecule has 0 N–H and O–H groups in total.